The number of nitrogens with one attached hydrogen (secondary N) is 1. The van der Waals surface area contributed by atoms with Crippen molar-refractivity contribution in [1.29, 1.82) is 0 Å². The number of hydrogen-bond donors (Lipinski definition) is 3. The Bertz CT molecular complexity index is 260. The second-order valence-electron chi connectivity index (χ2n) is 4.64. The van der Waals surface area contributed by atoms with E-state index in [1.165, 1.54) is 0 Å². The molecule has 0 aliphatic rings. The van der Waals surface area contributed by atoms with Crippen molar-refractivity contribution < 1.29 is 19.8 Å². The zero-order valence-corrected chi connectivity index (χ0v) is 10.7. The van der Waals surface area contributed by atoms with Crippen LogP contribution < -0.4 is 5.32 Å². The normalized spacial score (nSPS) is 14.2. The predicted octanol–water partition coefficient (Wildman–Crippen LogP) is 0.507. The van der Waals surface area contributed by atoms with E-state index in [0.29, 0.717) is 25.8 Å². The van der Waals surface area contributed by atoms with Gasteiger partial charge in [0, 0.05) is 5.31 Å². The lowest BCUT2D eigenvalue weighted by atomic mass is 9.63. The molecule has 0 rings (SSSR count). The first-order valence-corrected chi connectivity index (χ1v) is 6.08. The van der Waals surface area contributed by atoms with E-state index < -0.39 is 17.3 Å². The van der Waals surface area contributed by atoms with Gasteiger partial charge in [0.25, 0.3) is 0 Å². The molecule has 6 heteroatoms. The van der Waals surface area contributed by atoms with Gasteiger partial charge in [0.15, 0.2) is 0 Å². The van der Waals surface area contributed by atoms with Crippen molar-refractivity contribution in [1.82, 2.24) is 5.32 Å². The fourth-order valence-electron chi connectivity index (χ4n) is 1.70. The summed E-state index contributed by atoms with van der Waals surface area (Å²) in [6.07, 6.45) is 3.83. The molecule has 0 aliphatic carbocycles. The van der Waals surface area contributed by atoms with Gasteiger partial charge in [-0.2, -0.15) is 0 Å². The van der Waals surface area contributed by atoms with Crippen LogP contribution in [-0.2, 0) is 9.59 Å². The molecule has 1 atom stereocenters. The number of hydrogen-bond acceptors (Lipinski definition) is 3. The molecule has 1 unspecified atom stereocenters. The van der Waals surface area contributed by atoms with Gasteiger partial charge in [0.05, 0.1) is 6.54 Å². The Hall–Kier alpha value is -1.04. The highest BCUT2D eigenvalue weighted by Gasteiger charge is 2.31. The van der Waals surface area contributed by atoms with Gasteiger partial charge in [-0.05, 0) is 25.8 Å². The minimum Gasteiger partial charge on any atom is -0.481 e. The Kier molecular flexibility index (Phi) is 7.62. The number of rotatable bonds is 10. The molecule has 0 aliphatic heterocycles. The van der Waals surface area contributed by atoms with Crippen LogP contribution in [0.2, 0.25) is 5.31 Å². The van der Waals surface area contributed by atoms with Gasteiger partial charge in [-0.1, -0.05) is 19.8 Å². The van der Waals surface area contributed by atoms with Gasteiger partial charge < -0.3 is 15.5 Å². The molecule has 98 valence electrons. The van der Waals surface area contributed by atoms with Crippen LogP contribution in [0, 0.1) is 0 Å². The van der Waals surface area contributed by atoms with E-state index in [1.807, 2.05) is 6.92 Å². The van der Waals surface area contributed by atoms with E-state index in [-0.39, 0.29) is 6.54 Å². The van der Waals surface area contributed by atoms with E-state index in [4.69, 9.17) is 5.11 Å². The molecule has 0 saturated carbocycles. The van der Waals surface area contributed by atoms with Gasteiger partial charge in [-0.3, -0.25) is 9.59 Å². The first kappa shape index (κ1) is 16.0. The van der Waals surface area contributed by atoms with Crippen molar-refractivity contribution in [2.75, 3.05) is 13.1 Å². The number of unbranched alkanes of at least 4 members (excludes halogenated alkanes) is 1. The lowest BCUT2D eigenvalue weighted by molar-refractivity contribution is -0.141. The summed E-state index contributed by atoms with van der Waals surface area (Å²) in [6.45, 7) is 2.51. The molecule has 0 aromatic rings. The third kappa shape index (κ3) is 6.99. The summed E-state index contributed by atoms with van der Waals surface area (Å²) in [5.74, 6) is -1.65. The van der Waals surface area contributed by atoms with E-state index in [0.717, 1.165) is 12.8 Å². The highest BCUT2D eigenvalue weighted by atomic mass is 16.4. The van der Waals surface area contributed by atoms with E-state index in [9.17, 15) is 14.7 Å². The summed E-state index contributed by atoms with van der Waals surface area (Å²) in [7, 11) is 1.77. The Morgan fingerprint density at radius 3 is 2.29 bits per heavy atom. The predicted molar refractivity (Wildman–Crippen MR) is 68.1 cm³/mol. The lowest BCUT2D eigenvalue weighted by Crippen LogP contribution is -2.27. The number of carbonyl (C=O) groups is 2. The molecule has 0 amide bonds. The van der Waals surface area contributed by atoms with Crippen LogP contribution in [0.25, 0.3) is 0 Å². The topological polar surface area (TPSA) is 86.6 Å². The summed E-state index contributed by atoms with van der Waals surface area (Å²) < 4.78 is 0. The van der Waals surface area contributed by atoms with Crippen LogP contribution in [0.4, 0.5) is 0 Å². The first-order chi connectivity index (χ1) is 7.92. The van der Waals surface area contributed by atoms with Crippen molar-refractivity contribution >= 4 is 19.8 Å². The van der Waals surface area contributed by atoms with Crippen LogP contribution in [0.3, 0.4) is 0 Å². The van der Waals surface area contributed by atoms with Gasteiger partial charge in [0.1, 0.15) is 7.85 Å². The average Bonchev–Trinajstić information content (AvgIpc) is 2.25. The standard InChI is InChI=1S/C11H22BNO4/c1-2-3-5-11(12,10(16)17)6-4-7-13-8-9(14)15/h13H,2-8,12H2,1H3,(H,14,15)(H,16,17). The summed E-state index contributed by atoms with van der Waals surface area (Å²) in [6, 6.07) is 0. The maximum atomic E-state index is 11.2. The third-order valence-electron chi connectivity index (χ3n) is 2.96. The largest absolute Gasteiger partial charge is 0.481 e. The smallest absolute Gasteiger partial charge is 0.317 e. The molecule has 0 bridgehead atoms. The summed E-state index contributed by atoms with van der Waals surface area (Å²) in [5, 5.41) is 19.7. The van der Waals surface area contributed by atoms with Gasteiger partial charge in [-0.25, -0.2) is 0 Å². The molecule has 0 fully saturated rings. The van der Waals surface area contributed by atoms with E-state index in [1.54, 1.807) is 7.85 Å². The van der Waals surface area contributed by atoms with E-state index in [2.05, 4.69) is 5.32 Å². The minimum absolute atomic E-state index is 0.0707. The van der Waals surface area contributed by atoms with Gasteiger partial charge in [-0.15, -0.1) is 0 Å². The lowest BCUT2D eigenvalue weighted by Gasteiger charge is -2.24. The first-order valence-electron chi connectivity index (χ1n) is 6.08. The fourth-order valence-corrected chi connectivity index (χ4v) is 1.70. The molecule has 0 aromatic carbocycles. The van der Waals surface area contributed by atoms with Crippen LogP contribution >= 0.6 is 0 Å². The quantitative estimate of drug-likeness (QED) is 0.384. The average molecular weight is 243 g/mol. The Morgan fingerprint density at radius 2 is 1.82 bits per heavy atom. The maximum absolute atomic E-state index is 11.2. The van der Waals surface area contributed by atoms with Crippen LogP contribution in [0.5, 0.6) is 0 Å². The molecule has 0 aromatic heterocycles. The van der Waals surface area contributed by atoms with Crippen molar-refractivity contribution in [2.45, 2.75) is 44.3 Å². The zero-order chi connectivity index (χ0) is 13.3. The van der Waals surface area contributed by atoms with Crippen molar-refractivity contribution in [2.24, 2.45) is 0 Å². The number of carboxylic acid groups (broad SMARTS) is 2. The van der Waals surface area contributed by atoms with E-state index >= 15 is 0 Å². The Labute approximate surface area is 103 Å². The number of carboxylic acids is 2. The van der Waals surface area contributed by atoms with Crippen molar-refractivity contribution in [3.05, 3.63) is 0 Å². The van der Waals surface area contributed by atoms with Crippen LogP contribution in [0.15, 0.2) is 0 Å². The molecule has 17 heavy (non-hydrogen) atoms. The van der Waals surface area contributed by atoms with Crippen LogP contribution in [0.1, 0.15) is 39.0 Å². The molecule has 0 spiro atoms. The second-order valence-corrected chi connectivity index (χ2v) is 4.64. The highest BCUT2D eigenvalue weighted by Crippen LogP contribution is 2.34. The highest BCUT2D eigenvalue weighted by molar-refractivity contribution is 6.26. The third-order valence-corrected chi connectivity index (χ3v) is 2.96. The molecule has 5 nitrogen and oxygen atoms in total. The fraction of sp³-hybridized carbons (Fsp3) is 0.818. The minimum atomic E-state index is -0.892. The molecule has 0 radical (unpaired) electrons. The number of aliphatic carboxylic acids is 2. The zero-order valence-electron chi connectivity index (χ0n) is 10.7. The van der Waals surface area contributed by atoms with Gasteiger partial charge >= 0.3 is 11.9 Å². The maximum Gasteiger partial charge on any atom is 0.317 e. The molecule has 0 heterocycles. The molecular weight excluding hydrogens is 221 g/mol. The van der Waals surface area contributed by atoms with Gasteiger partial charge in [0.2, 0.25) is 0 Å². The SMILES string of the molecule is BC(CCCC)(CCCNCC(=O)O)C(=O)O. The molecule has 0 saturated heterocycles. The van der Waals surface area contributed by atoms with Crippen LogP contribution in [-0.4, -0.2) is 43.1 Å². The summed E-state index contributed by atoms with van der Waals surface area (Å²) in [5.41, 5.74) is 0. The monoisotopic (exact) mass is 243 g/mol. The summed E-state index contributed by atoms with van der Waals surface area (Å²) >= 11 is 0. The summed E-state index contributed by atoms with van der Waals surface area (Å²) in [4.78, 5) is 21.4. The molecular formula is C11H22BNO4. The van der Waals surface area contributed by atoms with Crippen molar-refractivity contribution in [3.63, 3.8) is 0 Å². The second kappa shape index (κ2) is 8.11. The van der Waals surface area contributed by atoms with Crippen molar-refractivity contribution in [3.8, 4) is 0 Å². The molecule has 3 N–H and O–H groups in total. The Balaban J connectivity index is 3.92. The Morgan fingerprint density at radius 1 is 1.24 bits per heavy atom.